The first-order valence-corrected chi connectivity index (χ1v) is 15.1. The second kappa shape index (κ2) is 11.3. The second-order valence-electron chi connectivity index (χ2n) is 13.0. The van der Waals surface area contributed by atoms with Gasteiger partial charge in [-0.05, 0) is 80.0 Å². The van der Waals surface area contributed by atoms with E-state index in [0.29, 0.717) is 23.4 Å². The summed E-state index contributed by atoms with van der Waals surface area (Å²) in [5.74, 6) is -3.28. The van der Waals surface area contributed by atoms with Gasteiger partial charge in [-0.25, -0.2) is 13.8 Å². The first-order valence-electron chi connectivity index (χ1n) is 15.1. The van der Waals surface area contributed by atoms with Crippen LogP contribution in [0.4, 0.5) is 33.6 Å². The highest BCUT2D eigenvalue weighted by molar-refractivity contribution is 6.10. The first kappa shape index (κ1) is 31.3. The standard InChI is InChI=1S/C31H36F5N7O2/c1-28(5-3-6-28)38-14-19-9-21-22(23(10-19)31(34,35)36)15-43(27(21)45)25-12-20(11-24(40-25)37-16-30(32,33)17-44)29(7-4-8-29)13-26-41-39-18-42(26)2/h9-12,18,38,44H,3-8,13-17H2,1-2H3,(H,37,40). The first-order chi connectivity index (χ1) is 21.2. The highest BCUT2D eigenvalue weighted by Crippen LogP contribution is 2.48. The van der Waals surface area contributed by atoms with Crippen molar-refractivity contribution in [2.24, 2.45) is 7.05 Å². The van der Waals surface area contributed by atoms with Crippen molar-refractivity contribution in [2.75, 3.05) is 23.4 Å². The maximum absolute atomic E-state index is 14.3. The lowest BCUT2D eigenvalue weighted by atomic mass is 9.62. The van der Waals surface area contributed by atoms with Gasteiger partial charge in [0, 0.05) is 36.5 Å². The maximum atomic E-state index is 14.3. The molecule has 0 atom stereocenters. The third kappa shape index (κ3) is 6.14. The third-order valence-corrected chi connectivity index (χ3v) is 9.66. The summed E-state index contributed by atoms with van der Waals surface area (Å²) in [5.41, 5.74) is -0.606. The summed E-state index contributed by atoms with van der Waals surface area (Å²) in [5, 5.41) is 23.1. The molecule has 0 spiro atoms. The topological polar surface area (TPSA) is 108 Å². The fourth-order valence-electron chi connectivity index (χ4n) is 6.48. The Bertz CT molecular complexity index is 1600. The Morgan fingerprint density at radius 3 is 2.36 bits per heavy atom. The average molecular weight is 634 g/mol. The molecule has 3 aromatic rings. The number of pyridine rings is 1. The van der Waals surface area contributed by atoms with E-state index in [2.05, 4.69) is 25.8 Å². The zero-order valence-corrected chi connectivity index (χ0v) is 25.1. The number of carbonyl (C=O) groups excluding carboxylic acids is 1. The second-order valence-corrected chi connectivity index (χ2v) is 13.0. The van der Waals surface area contributed by atoms with Crippen molar-refractivity contribution < 1.29 is 31.9 Å². The van der Waals surface area contributed by atoms with Gasteiger partial charge in [0.1, 0.15) is 30.4 Å². The molecule has 0 bridgehead atoms. The van der Waals surface area contributed by atoms with E-state index in [0.717, 1.165) is 44.6 Å². The molecule has 2 fully saturated rings. The predicted octanol–water partition coefficient (Wildman–Crippen LogP) is 5.13. The minimum atomic E-state index is -4.69. The fourth-order valence-corrected chi connectivity index (χ4v) is 6.48. The van der Waals surface area contributed by atoms with Gasteiger partial charge in [-0.1, -0.05) is 6.42 Å². The highest BCUT2D eigenvalue weighted by Gasteiger charge is 2.44. The number of nitrogens with one attached hydrogen (secondary N) is 2. The number of rotatable bonds is 11. The van der Waals surface area contributed by atoms with E-state index in [1.165, 1.54) is 11.0 Å². The van der Waals surface area contributed by atoms with Gasteiger partial charge in [0.25, 0.3) is 11.8 Å². The molecule has 242 valence electrons. The number of nitrogens with zero attached hydrogens (tertiary/aromatic N) is 5. The molecule has 1 aliphatic heterocycles. The number of aliphatic hydroxyl groups excluding tert-OH is 1. The summed E-state index contributed by atoms with van der Waals surface area (Å²) < 4.78 is 72.9. The van der Waals surface area contributed by atoms with Gasteiger partial charge < -0.3 is 20.3 Å². The number of hydrogen-bond donors (Lipinski definition) is 3. The summed E-state index contributed by atoms with van der Waals surface area (Å²) in [7, 11) is 1.82. The number of halogens is 5. The highest BCUT2D eigenvalue weighted by atomic mass is 19.4. The third-order valence-electron chi connectivity index (χ3n) is 9.66. The van der Waals surface area contributed by atoms with Crippen LogP contribution in [0.5, 0.6) is 0 Å². The summed E-state index contributed by atoms with van der Waals surface area (Å²) in [4.78, 5) is 19.4. The van der Waals surface area contributed by atoms with Crippen LogP contribution in [-0.4, -0.2) is 55.4 Å². The van der Waals surface area contributed by atoms with Crippen LogP contribution in [0.25, 0.3) is 0 Å². The molecule has 2 saturated carbocycles. The fraction of sp³-hybridized carbons (Fsp3) is 0.548. The monoisotopic (exact) mass is 633 g/mol. The van der Waals surface area contributed by atoms with E-state index in [1.807, 2.05) is 14.0 Å². The van der Waals surface area contributed by atoms with E-state index >= 15 is 0 Å². The van der Waals surface area contributed by atoms with E-state index in [-0.39, 0.29) is 41.4 Å². The van der Waals surface area contributed by atoms with Gasteiger partial charge in [-0.2, -0.15) is 13.2 Å². The van der Waals surface area contributed by atoms with E-state index in [4.69, 9.17) is 5.11 Å². The van der Waals surface area contributed by atoms with E-state index < -0.39 is 42.1 Å². The van der Waals surface area contributed by atoms with Gasteiger partial charge in [-0.15, -0.1) is 10.2 Å². The smallest absolute Gasteiger partial charge is 0.390 e. The summed E-state index contributed by atoms with van der Waals surface area (Å²) >= 11 is 0. The molecule has 3 aliphatic rings. The largest absolute Gasteiger partial charge is 0.416 e. The molecule has 14 heteroatoms. The molecular weight excluding hydrogens is 597 g/mol. The molecule has 45 heavy (non-hydrogen) atoms. The molecule has 9 nitrogen and oxygen atoms in total. The minimum absolute atomic E-state index is 0.0262. The van der Waals surface area contributed by atoms with Crippen molar-refractivity contribution in [3.8, 4) is 0 Å². The van der Waals surface area contributed by atoms with Crippen LogP contribution in [0.15, 0.2) is 30.6 Å². The molecule has 3 heterocycles. The molecule has 1 aromatic carbocycles. The van der Waals surface area contributed by atoms with Crippen LogP contribution in [0, 0.1) is 0 Å². The van der Waals surface area contributed by atoms with Crippen LogP contribution in [0.1, 0.15) is 83.9 Å². The van der Waals surface area contributed by atoms with Crippen molar-refractivity contribution in [1.29, 1.82) is 0 Å². The molecular formula is C31H36F5N7O2. The van der Waals surface area contributed by atoms with Crippen molar-refractivity contribution in [3.63, 3.8) is 0 Å². The number of hydrogen-bond acceptors (Lipinski definition) is 7. The molecule has 0 radical (unpaired) electrons. The number of alkyl halides is 5. The molecule has 3 N–H and O–H groups in total. The molecule has 6 rings (SSSR count). The van der Waals surface area contributed by atoms with Crippen LogP contribution in [-0.2, 0) is 38.1 Å². The van der Waals surface area contributed by atoms with Gasteiger partial charge in [0.2, 0.25) is 0 Å². The molecule has 0 unspecified atom stereocenters. The number of aromatic nitrogens is 4. The number of amides is 1. The van der Waals surface area contributed by atoms with Crippen molar-refractivity contribution in [2.45, 2.75) is 88.0 Å². The van der Waals surface area contributed by atoms with Gasteiger partial charge in [0.05, 0.1) is 18.7 Å². The van der Waals surface area contributed by atoms with Crippen LogP contribution in [0.3, 0.4) is 0 Å². The maximum Gasteiger partial charge on any atom is 0.416 e. The molecule has 2 aliphatic carbocycles. The average Bonchev–Trinajstić information content (AvgIpc) is 3.52. The van der Waals surface area contributed by atoms with E-state index in [1.54, 1.807) is 23.0 Å². The number of anilines is 2. The van der Waals surface area contributed by atoms with Gasteiger partial charge in [-0.3, -0.25) is 9.69 Å². The SMILES string of the molecule is Cn1cnnc1CC1(c2cc(NCC(F)(F)CO)nc(N3Cc4c(cc(CNC5(C)CCC5)cc4C(F)(F)F)C3=O)c2)CCC1. The summed E-state index contributed by atoms with van der Waals surface area (Å²) in [6, 6.07) is 5.91. The Kier molecular flexibility index (Phi) is 7.87. The van der Waals surface area contributed by atoms with Crippen LogP contribution >= 0.6 is 0 Å². The number of fused-ring (bicyclic) bond motifs is 1. The van der Waals surface area contributed by atoms with Gasteiger partial charge in [0.15, 0.2) is 0 Å². The lowest BCUT2D eigenvalue weighted by Crippen LogP contribution is -2.47. The normalized spacial score (nSPS) is 18.8. The molecule has 0 saturated heterocycles. The Morgan fingerprint density at radius 2 is 1.78 bits per heavy atom. The number of aryl methyl sites for hydroxylation is 1. The molecule has 2 aromatic heterocycles. The van der Waals surface area contributed by atoms with Gasteiger partial charge >= 0.3 is 6.18 Å². The van der Waals surface area contributed by atoms with Crippen molar-refractivity contribution in [3.05, 3.63) is 64.2 Å². The summed E-state index contributed by atoms with van der Waals surface area (Å²) in [6.45, 7) is -0.448. The number of benzene rings is 1. The lowest BCUT2D eigenvalue weighted by molar-refractivity contribution is -0.138. The quantitative estimate of drug-likeness (QED) is 0.252. The Labute approximate surface area is 257 Å². The van der Waals surface area contributed by atoms with Crippen LogP contribution < -0.4 is 15.5 Å². The Hall–Kier alpha value is -3.65. The van der Waals surface area contributed by atoms with E-state index in [9.17, 15) is 26.7 Å². The summed E-state index contributed by atoms with van der Waals surface area (Å²) in [6.07, 6.45) is 2.68. The zero-order valence-electron chi connectivity index (χ0n) is 25.1. The van der Waals surface area contributed by atoms with Crippen molar-refractivity contribution >= 4 is 17.5 Å². The van der Waals surface area contributed by atoms with Crippen molar-refractivity contribution in [1.82, 2.24) is 25.1 Å². The Morgan fingerprint density at radius 1 is 1.04 bits per heavy atom. The molecule has 1 amide bonds. The number of carbonyl (C=O) groups is 1. The zero-order chi connectivity index (χ0) is 32.2. The Balaban J connectivity index is 1.37. The predicted molar refractivity (Wildman–Crippen MR) is 156 cm³/mol. The lowest BCUT2D eigenvalue weighted by Gasteiger charge is -2.42. The number of aliphatic hydroxyl groups is 1. The van der Waals surface area contributed by atoms with Crippen LogP contribution in [0.2, 0.25) is 0 Å². The minimum Gasteiger partial charge on any atom is -0.390 e.